The Labute approximate surface area is 210 Å². The molecule has 0 spiro atoms. The van der Waals surface area contributed by atoms with Crippen molar-refractivity contribution < 1.29 is 18.9 Å². The van der Waals surface area contributed by atoms with Gasteiger partial charge in [0.2, 0.25) is 0 Å². The second kappa shape index (κ2) is 10.1. The number of nitro benzene ring substituents is 1. The van der Waals surface area contributed by atoms with Crippen LogP contribution >= 0.6 is 15.9 Å². The molecule has 0 fully saturated rings. The zero-order valence-corrected chi connectivity index (χ0v) is 21.0. The third-order valence-electron chi connectivity index (χ3n) is 5.44. The number of ether oxygens (including phenoxy) is 1. The monoisotopic (exact) mass is 538 g/mol. The molecule has 1 amide bonds. The summed E-state index contributed by atoms with van der Waals surface area (Å²) in [6.45, 7) is 6.24. The number of aryl methyl sites for hydroxylation is 2. The van der Waals surface area contributed by atoms with Gasteiger partial charge in [0.05, 0.1) is 27.3 Å². The minimum Gasteiger partial charge on any atom is -0.486 e. The van der Waals surface area contributed by atoms with Crippen LogP contribution in [0.4, 0.5) is 11.4 Å². The van der Waals surface area contributed by atoms with Gasteiger partial charge in [-0.1, -0.05) is 12.1 Å². The average Bonchev–Trinajstić information content (AvgIpc) is 3.39. The predicted octanol–water partition coefficient (Wildman–Crippen LogP) is 5.95. The van der Waals surface area contributed by atoms with Gasteiger partial charge in [0, 0.05) is 17.3 Å². The Hall–Kier alpha value is -3.92. The third-order valence-corrected chi connectivity index (χ3v) is 6.59. The van der Waals surface area contributed by atoms with Crippen LogP contribution in [0, 0.1) is 30.9 Å². The minimum absolute atomic E-state index is 0.0288. The Morgan fingerprint density at radius 2 is 1.97 bits per heavy atom. The molecule has 180 valence electrons. The first kappa shape index (κ1) is 24.2. The number of benzene rings is 2. The normalized spacial score (nSPS) is 10.9. The van der Waals surface area contributed by atoms with Gasteiger partial charge < -0.3 is 14.5 Å². The van der Waals surface area contributed by atoms with Crippen LogP contribution in [0.2, 0.25) is 0 Å². The lowest BCUT2D eigenvalue weighted by atomic mass is 10.2. The maximum absolute atomic E-state index is 12.7. The van der Waals surface area contributed by atoms with Crippen LogP contribution in [0.5, 0.6) is 5.75 Å². The smallest absolute Gasteiger partial charge is 0.291 e. The fourth-order valence-electron chi connectivity index (χ4n) is 3.60. The molecule has 0 atom stereocenters. The Morgan fingerprint density at radius 3 is 2.66 bits per heavy atom. The van der Waals surface area contributed by atoms with E-state index >= 15 is 0 Å². The van der Waals surface area contributed by atoms with Crippen LogP contribution in [0.25, 0.3) is 0 Å². The Balaban J connectivity index is 1.37. The number of carbonyl (C=O) groups is 1. The number of furan rings is 1. The van der Waals surface area contributed by atoms with Crippen molar-refractivity contribution in [1.29, 1.82) is 0 Å². The fourth-order valence-corrected chi connectivity index (χ4v) is 3.88. The summed E-state index contributed by atoms with van der Waals surface area (Å²) in [5, 5.41) is 18.3. The third kappa shape index (κ3) is 5.60. The molecule has 35 heavy (non-hydrogen) atoms. The first-order chi connectivity index (χ1) is 16.7. The Morgan fingerprint density at radius 1 is 1.17 bits per heavy atom. The van der Waals surface area contributed by atoms with E-state index in [2.05, 4.69) is 26.3 Å². The summed E-state index contributed by atoms with van der Waals surface area (Å²) < 4.78 is 14.2. The fraction of sp³-hybridized carbons (Fsp3) is 0.200. The lowest BCUT2D eigenvalue weighted by molar-refractivity contribution is -0.385. The molecule has 2 aromatic carbocycles. The first-order valence-corrected chi connectivity index (χ1v) is 11.6. The van der Waals surface area contributed by atoms with Gasteiger partial charge in [0.15, 0.2) is 5.76 Å². The van der Waals surface area contributed by atoms with Crippen molar-refractivity contribution in [3.8, 4) is 5.75 Å². The van der Waals surface area contributed by atoms with Crippen molar-refractivity contribution in [2.45, 2.75) is 33.9 Å². The van der Waals surface area contributed by atoms with Gasteiger partial charge in [-0.05, 0) is 78.7 Å². The number of aromatic nitrogens is 2. The van der Waals surface area contributed by atoms with Crippen LogP contribution in [0.15, 0.2) is 63.5 Å². The van der Waals surface area contributed by atoms with E-state index in [1.165, 1.54) is 12.1 Å². The summed E-state index contributed by atoms with van der Waals surface area (Å²) in [6, 6.07) is 15.3. The molecule has 0 saturated carbocycles. The first-order valence-electron chi connectivity index (χ1n) is 10.8. The maximum Gasteiger partial charge on any atom is 0.291 e. The van der Waals surface area contributed by atoms with E-state index in [0.717, 1.165) is 21.4 Å². The van der Waals surface area contributed by atoms with E-state index < -0.39 is 4.92 Å². The maximum atomic E-state index is 12.7. The zero-order valence-electron chi connectivity index (χ0n) is 19.4. The molecule has 2 aromatic heterocycles. The molecular weight excluding hydrogens is 516 g/mol. The number of nitrogens with zero attached hydrogens (tertiary/aromatic N) is 3. The standard InChI is InChI=1S/C25H23BrN4O5/c1-15-11-20(7-9-22(15)30(32)33)34-14-21-8-10-23(35-21)25(31)27-19-6-4-5-18(12-19)13-29-17(3)24(26)16(2)28-29/h4-12H,13-14H2,1-3H3,(H,27,31). The molecule has 10 heteroatoms. The molecule has 0 unspecified atom stereocenters. The number of hydrogen-bond acceptors (Lipinski definition) is 6. The Bertz CT molecular complexity index is 1410. The predicted molar refractivity (Wildman–Crippen MR) is 134 cm³/mol. The number of nitro groups is 1. The molecule has 0 aliphatic carbocycles. The Kier molecular flexibility index (Phi) is 7.02. The van der Waals surface area contributed by atoms with Gasteiger partial charge in [-0.15, -0.1) is 0 Å². The number of amides is 1. The quantitative estimate of drug-likeness (QED) is 0.219. The molecule has 1 N–H and O–H groups in total. The SMILES string of the molecule is Cc1cc(OCc2ccc(C(=O)Nc3cccc(Cn4nc(C)c(Br)c4C)c3)o2)ccc1[N+](=O)[O-]. The highest BCUT2D eigenvalue weighted by molar-refractivity contribution is 9.10. The summed E-state index contributed by atoms with van der Waals surface area (Å²) in [4.78, 5) is 23.2. The van der Waals surface area contributed by atoms with Gasteiger partial charge in [-0.3, -0.25) is 19.6 Å². The summed E-state index contributed by atoms with van der Waals surface area (Å²) in [6.07, 6.45) is 0. The number of nitrogens with one attached hydrogen (secondary N) is 1. The van der Waals surface area contributed by atoms with Gasteiger partial charge in [-0.25, -0.2) is 0 Å². The molecule has 2 heterocycles. The molecule has 0 saturated heterocycles. The highest BCUT2D eigenvalue weighted by Gasteiger charge is 2.14. The summed E-state index contributed by atoms with van der Waals surface area (Å²) in [7, 11) is 0. The van der Waals surface area contributed by atoms with E-state index in [1.54, 1.807) is 25.1 Å². The zero-order chi connectivity index (χ0) is 25.1. The average molecular weight is 539 g/mol. The minimum atomic E-state index is -0.440. The van der Waals surface area contributed by atoms with Crippen molar-refractivity contribution in [2.24, 2.45) is 0 Å². The second-order valence-electron chi connectivity index (χ2n) is 8.06. The van der Waals surface area contributed by atoms with Crippen LogP contribution in [0.3, 0.4) is 0 Å². The van der Waals surface area contributed by atoms with Gasteiger partial charge in [0.1, 0.15) is 18.1 Å². The molecule has 4 aromatic rings. The highest BCUT2D eigenvalue weighted by Crippen LogP contribution is 2.24. The van der Waals surface area contributed by atoms with Crippen LogP contribution in [0.1, 0.15) is 38.8 Å². The van der Waals surface area contributed by atoms with Crippen molar-refractivity contribution in [3.63, 3.8) is 0 Å². The number of anilines is 1. The van der Waals surface area contributed by atoms with E-state index in [1.807, 2.05) is 42.8 Å². The topological polar surface area (TPSA) is 112 Å². The number of rotatable bonds is 8. The van der Waals surface area contributed by atoms with Gasteiger partial charge in [-0.2, -0.15) is 5.10 Å². The summed E-state index contributed by atoms with van der Waals surface area (Å²) in [5.41, 5.74) is 4.12. The summed E-state index contributed by atoms with van der Waals surface area (Å²) in [5.74, 6) is 0.696. The van der Waals surface area contributed by atoms with E-state index in [-0.39, 0.29) is 24.0 Å². The van der Waals surface area contributed by atoms with Crippen molar-refractivity contribution in [3.05, 3.63) is 103 Å². The molecule has 0 radical (unpaired) electrons. The van der Waals surface area contributed by atoms with Crippen molar-refractivity contribution in [2.75, 3.05) is 5.32 Å². The molecule has 4 rings (SSSR count). The lowest BCUT2D eigenvalue weighted by Crippen LogP contribution is -2.11. The van der Waals surface area contributed by atoms with E-state index in [9.17, 15) is 14.9 Å². The number of carbonyl (C=O) groups excluding carboxylic acids is 1. The lowest BCUT2D eigenvalue weighted by Gasteiger charge is -2.08. The molecule has 0 aliphatic heterocycles. The van der Waals surface area contributed by atoms with Crippen molar-refractivity contribution in [1.82, 2.24) is 9.78 Å². The van der Waals surface area contributed by atoms with Gasteiger partial charge >= 0.3 is 0 Å². The van der Waals surface area contributed by atoms with Crippen LogP contribution < -0.4 is 10.1 Å². The van der Waals surface area contributed by atoms with E-state index in [4.69, 9.17) is 9.15 Å². The molecule has 9 nitrogen and oxygen atoms in total. The van der Waals surface area contributed by atoms with Gasteiger partial charge in [0.25, 0.3) is 11.6 Å². The number of halogens is 1. The summed E-state index contributed by atoms with van der Waals surface area (Å²) >= 11 is 3.54. The largest absolute Gasteiger partial charge is 0.486 e. The van der Waals surface area contributed by atoms with Crippen molar-refractivity contribution >= 4 is 33.2 Å². The van der Waals surface area contributed by atoms with Crippen LogP contribution in [-0.2, 0) is 13.2 Å². The number of hydrogen-bond donors (Lipinski definition) is 1. The highest BCUT2D eigenvalue weighted by atomic mass is 79.9. The van der Waals surface area contributed by atoms with Crippen LogP contribution in [-0.4, -0.2) is 20.6 Å². The molecule has 0 bridgehead atoms. The molecule has 0 aliphatic rings. The second-order valence-corrected chi connectivity index (χ2v) is 8.85. The molecular formula is C25H23BrN4O5. The van der Waals surface area contributed by atoms with E-state index in [0.29, 0.717) is 29.3 Å².